The van der Waals surface area contributed by atoms with E-state index in [1.54, 1.807) is 19.0 Å². The Morgan fingerprint density at radius 1 is 1.23 bits per heavy atom. The first-order valence-corrected chi connectivity index (χ1v) is 8.19. The lowest BCUT2D eigenvalue weighted by Crippen LogP contribution is -2.44. The molecule has 0 heterocycles. The number of nitrogens with one attached hydrogen (secondary N) is 2. The summed E-state index contributed by atoms with van der Waals surface area (Å²) in [5, 5.41) is 6.49. The van der Waals surface area contributed by atoms with Crippen molar-refractivity contribution < 1.29 is 9.53 Å². The summed E-state index contributed by atoms with van der Waals surface area (Å²) in [5.41, 5.74) is 0. The number of nitrogens with zero attached hydrogens (tertiary/aromatic N) is 2. The third-order valence-electron chi connectivity index (χ3n) is 3.25. The van der Waals surface area contributed by atoms with E-state index in [-0.39, 0.29) is 12.5 Å². The lowest BCUT2D eigenvalue weighted by molar-refractivity contribution is -0.127. The second kappa shape index (κ2) is 12.3. The zero-order chi connectivity index (χ0) is 17.0. The SMILES string of the molecule is CCC(C)NC(=NCC(=O)N(C)C)NCCOCCC(C)C. The van der Waals surface area contributed by atoms with Crippen molar-refractivity contribution in [3.8, 4) is 0 Å². The van der Waals surface area contributed by atoms with Gasteiger partial charge in [0.1, 0.15) is 6.54 Å². The maximum atomic E-state index is 11.6. The molecule has 0 spiro atoms. The van der Waals surface area contributed by atoms with Crippen molar-refractivity contribution in [3.63, 3.8) is 0 Å². The van der Waals surface area contributed by atoms with Crippen LogP contribution in [0.5, 0.6) is 0 Å². The number of likely N-dealkylation sites (N-methyl/N-ethyl adjacent to an activating group) is 1. The molecule has 0 fully saturated rings. The van der Waals surface area contributed by atoms with E-state index in [9.17, 15) is 4.79 Å². The molecule has 2 N–H and O–H groups in total. The minimum Gasteiger partial charge on any atom is -0.380 e. The Kier molecular flexibility index (Phi) is 11.5. The van der Waals surface area contributed by atoms with Crippen molar-refractivity contribution in [1.29, 1.82) is 0 Å². The Morgan fingerprint density at radius 3 is 2.45 bits per heavy atom. The molecule has 1 amide bonds. The van der Waals surface area contributed by atoms with Gasteiger partial charge in [-0.1, -0.05) is 20.8 Å². The molecule has 0 rings (SSSR count). The molecule has 0 aliphatic carbocycles. The number of guanidine groups is 1. The van der Waals surface area contributed by atoms with Gasteiger partial charge in [0, 0.05) is 33.3 Å². The Bertz CT molecular complexity index is 330. The molecule has 0 aliphatic heterocycles. The molecule has 0 saturated heterocycles. The largest absolute Gasteiger partial charge is 0.380 e. The van der Waals surface area contributed by atoms with E-state index in [0.29, 0.717) is 31.1 Å². The summed E-state index contributed by atoms with van der Waals surface area (Å²) in [6.07, 6.45) is 2.07. The van der Waals surface area contributed by atoms with E-state index in [1.165, 1.54) is 0 Å². The quantitative estimate of drug-likeness (QED) is 0.364. The van der Waals surface area contributed by atoms with Gasteiger partial charge in [0.2, 0.25) is 5.91 Å². The Morgan fingerprint density at radius 2 is 1.91 bits per heavy atom. The minimum absolute atomic E-state index is 0.0153. The van der Waals surface area contributed by atoms with Gasteiger partial charge in [-0.3, -0.25) is 4.79 Å². The monoisotopic (exact) mass is 314 g/mol. The maximum absolute atomic E-state index is 11.6. The predicted molar refractivity (Wildman–Crippen MR) is 92.2 cm³/mol. The molecule has 1 unspecified atom stereocenters. The molecule has 0 aromatic heterocycles. The highest BCUT2D eigenvalue weighted by Gasteiger charge is 2.06. The number of hydrogen-bond acceptors (Lipinski definition) is 3. The van der Waals surface area contributed by atoms with Crippen LogP contribution in [0.3, 0.4) is 0 Å². The lowest BCUT2D eigenvalue weighted by Gasteiger charge is -2.17. The third kappa shape index (κ3) is 11.4. The number of amides is 1. The van der Waals surface area contributed by atoms with Crippen LogP contribution in [0, 0.1) is 5.92 Å². The van der Waals surface area contributed by atoms with Crippen molar-refractivity contribution >= 4 is 11.9 Å². The first kappa shape index (κ1) is 20.7. The van der Waals surface area contributed by atoms with Gasteiger partial charge in [-0.15, -0.1) is 0 Å². The van der Waals surface area contributed by atoms with Crippen LogP contribution >= 0.6 is 0 Å². The number of aliphatic imine (C=N–C) groups is 1. The average molecular weight is 314 g/mol. The topological polar surface area (TPSA) is 66.0 Å². The Hall–Kier alpha value is -1.30. The van der Waals surface area contributed by atoms with Crippen LogP contribution in [-0.2, 0) is 9.53 Å². The summed E-state index contributed by atoms with van der Waals surface area (Å²) in [6.45, 7) is 10.8. The van der Waals surface area contributed by atoms with Crippen molar-refractivity contribution in [1.82, 2.24) is 15.5 Å². The van der Waals surface area contributed by atoms with E-state index >= 15 is 0 Å². The van der Waals surface area contributed by atoms with Gasteiger partial charge in [-0.2, -0.15) is 0 Å². The van der Waals surface area contributed by atoms with Gasteiger partial charge in [0.15, 0.2) is 5.96 Å². The van der Waals surface area contributed by atoms with E-state index in [4.69, 9.17) is 4.74 Å². The molecular formula is C16H34N4O2. The Labute approximate surface area is 135 Å². The van der Waals surface area contributed by atoms with Gasteiger partial charge in [0.05, 0.1) is 6.61 Å². The van der Waals surface area contributed by atoms with Gasteiger partial charge in [-0.25, -0.2) is 4.99 Å². The fourth-order valence-electron chi connectivity index (χ4n) is 1.44. The minimum atomic E-state index is -0.0153. The van der Waals surface area contributed by atoms with Crippen LogP contribution in [0.15, 0.2) is 4.99 Å². The zero-order valence-electron chi connectivity index (χ0n) is 15.1. The molecule has 130 valence electrons. The number of ether oxygens (including phenoxy) is 1. The normalized spacial score (nSPS) is 13.1. The molecule has 0 aromatic carbocycles. The first-order valence-electron chi connectivity index (χ1n) is 8.19. The van der Waals surface area contributed by atoms with E-state index in [2.05, 4.69) is 43.3 Å². The van der Waals surface area contributed by atoms with Crippen molar-refractivity contribution in [2.75, 3.05) is 40.4 Å². The second-order valence-corrected chi connectivity index (χ2v) is 6.13. The number of hydrogen-bond donors (Lipinski definition) is 2. The molecule has 22 heavy (non-hydrogen) atoms. The molecule has 0 aliphatic rings. The second-order valence-electron chi connectivity index (χ2n) is 6.13. The molecule has 6 nitrogen and oxygen atoms in total. The van der Waals surface area contributed by atoms with Gasteiger partial charge >= 0.3 is 0 Å². The fraction of sp³-hybridized carbons (Fsp3) is 0.875. The van der Waals surface area contributed by atoms with Crippen LogP contribution in [0.1, 0.15) is 40.5 Å². The lowest BCUT2D eigenvalue weighted by atomic mass is 10.1. The van der Waals surface area contributed by atoms with Crippen LogP contribution in [0.2, 0.25) is 0 Å². The fourth-order valence-corrected chi connectivity index (χ4v) is 1.44. The molecule has 1 atom stereocenters. The predicted octanol–water partition coefficient (Wildman–Crippen LogP) is 1.47. The van der Waals surface area contributed by atoms with Crippen LogP contribution in [0.4, 0.5) is 0 Å². The molecule has 0 aromatic rings. The smallest absolute Gasteiger partial charge is 0.243 e. The van der Waals surface area contributed by atoms with Gasteiger partial charge in [-0.05, 0) is 25.7 Å². The molecule has 0 radical (unpaired) electrons. The highest BCUT2D eigenvalue weighted by Crippen LogP contribution is 1.98. The Balaban J connectivity index is 4.18. The highest BCUT2D eigenvalue weighted by molar-refractivity contribution is 5.84. The summed E-state index contributed by atoms with van der Waals surface area (Å²) >= 11 is 0. The van der Waals surface area contributed by atoms with Crippen LogP contribution < -0.4 is 10.6 Å². The molecule has 0 saturated carbocycles. The molecule has 6 heteroatoms. The number of rotatable bonds is 10. The first-order chi connectivity index (χ1) is 10.4. The summed E-state index contributed by atoms with van der Waals surface area (Å²) < 4.78 is 5.57. The highest BCUT2D eigenvalue weighted by atomic mass is 16.5. The summed E-state index contributed by atoms with van der Waals surface area (Å²) in [4.78, 5) is 17.5. The summed E-state index contributed by atoms with van der Waals surface area (Å²) in [7, 11) is 3.46. The van der Waals surface area contributed by atoms with Crippen LogP contribution in [-0.4, -0.2) is 63.2 Å². The van der Waals surface area contributed by atoms with E-state index in [0.717, 1.165) is 19.4 Å². The standard InChI is InChI=1S/C16H34N4O2/c1-7-14(4)19-16(18-12-15(21)20(5)6)17-9-11-22-10-8-13(2)3/h13-14H,7-12H2,1-6H3,(H2,17,18,19). The van der Waals surface area contributed by atoms with Crippen LogP contribution in [0.25, 0.3) is 0 Å². The van der Waals surface area contributed by atoms with Crippen molar-refractivity contribution in [3.05, 3.63) is 0 Å². The van der Waals surface area contributed by atoms with E-state index < -0.39 is 0 Å². The van der Waals surface area contributed by atoms with Gasteiger partial charge < -0.3 is 20.3 Å². The number of carbonyl (C=O) groups excluding carboxylic acids is 1. The molecular weight excluding hydrogens is 280 g/mol. The number of carbonyl (C=O) groups is 1. The van der Waals surface area contributed by atoms with Gasteiger partial charge in [0.25, 0.3) is 0 Å². The summed E-state index contributed by atoms with van der Waals surface area (Å²) in [5.74, 6) is 1.31. The average Bonchev–Trinajstić information content (AvgIpc) is 2.46. The summed E-state index contributed by atoms with van der Waals surface area (Å²) in [6, 6.07) is 0.308. The third-order valence-corrected chi connectivity index (χ3v) is 3.25. The maximum Gasteiger partial charge on any atom is 0.243 e. The zero-order valence-corrected chi connectivity index (χ0v) is 15.1. The van der Waals surface area contributed by atoms with Crippen molar-refractivity contribution in [2.45, 2.75) is 46.6 Å². The molecule has 0 bridgehead atoms. The van der Waals surface area contributed by atoms with Crippen molar-refractivity contribution in [2.24, 2.45) is 10.9 Å². The van der Waals surface area contributed by atoms with E-state index in [1.807, 2.05) is 0 Å².